The molecule has 0 atom stereocenters. The highest BCUT2D eigenvalue weighted by atomic mass is 35.5. The highest BCUT2D eigenvalue weighted by molar-refractivity contribution is 7.89. The first-order valence-electron chi connectivity index (χ1n) is 10.2. The Morgan fingerprint density at radius 1 is 1.00 bits per heavy atom. The maximum atomic E-state index is 13.3. The second-order valence-corrected chi connectivity index (χ2v) is 9.95. The molecule has 0 aromatic heterocycles. The largest absolute Gasteiger partial charge is 0.496 e. The van der Waals surface area contributed by atoms with Crippen LogP contribution in [0.15, 0.2) is 47.4 Å². The van der Waals surface area contributed by atoms with Gasteiger partial charge in [-0.3, -0.25) is 4.79 Å². The third-order valence-electron chi connectivity index (χ3n) is 5.99. The molecule has 1 amide bonds. The number of methoxy groups -OCH3 is 2. The third-order valence-corrected chi connectivity index (χ3v) is 8.21. The molecule has 2 aromatic rings. The Bertz CT molecular complexity index is 1080. The molecule has 0 unspecified atom stereocenters. The van der Waals surface area contributed by atoms with Gasteiger partial charge in [0.05, 0.1) is 25.7 Å². The molecule has 8 nitrogen and oxygen atoms in total. The van der Waals surface area contributed by atoms with Crippen LogP contribution in [0.1, 0.15) is 23.2 Å². The van der Waals surface area contributed by atoms with Gasteiger partial charge in [0.1, 0.15) is 22.8 Å². The topological polar surface area (TPSA) is 85.4 Å². The first kappa shape index (κ1) is 22.8. The summed E-state index contributed by atoms with van der Waals surface area (Å²) in [4.78, 5) is 15.1. The first-order chi connectivity index (χ1) is 15.3. The molecule has 2 saturated heterocycles. The molecular weight excluding hydrogens is 456 g/mol. The van der Waals surface area contributed by atoms with Crippen molar-refractivity contribution in [2.75, 3.05) is 40.5 Å². The Morgan fingerprint density at radius 2 is 1.59 bits per heavy atom. The van der Waals surface area contributed by atoms with Gasteiger partial charge in [-0.2, -0.15) is 4.31 Å². The van der Waals surface area contributed by atoms with Gasteiger partial charge < -0.3 is 19.1 Å². The average molecular weight is 481 g/mol. The highest BCUT2D eigenvalue weighted by Crippen LogP contribution is 2.39. The van der Waals surface area contributed by atoms with Crippen LogP contribution in [0.5, 0.6) is 11.5 Å². The van der Waals surface area contributed by atoms with E-state index in [0.29, 0.717) is 54.6 Å². The number of carbonyl (C=O) groups excluding carboxylic acids is 1. The molecule has 2 aromatic carbocycles. The quantitative estimate of drug-likeness (QED) is 0.654. The van der Waals surface area contributed by atoms with E-state index in [-0.39, 0.29) is 17.3 Å². The van der Waals surface area contributed by atoms with Crippen molar-refractivity contribution in [3.05, 3.63) is 53.1 Å². The molecule has 4 rings (SSSR count). The number of piperidine rings is 1. The molecule has 2 aliphatic heterocycles. The van der Waals surface area contributed by atoms with Crippen LogP contribution in [0.4, 0.5) is 0 Å². The fourth-order valence-corrected chi connectivity index (χ4v) is 6.19. The predicted octanol–water partition coefficient (Wildman–Crippen LogP) is 3.01. The Morgan fingerprint density at radius 3 is 2.16 bits per heavy atom. The first-order valence-corrected chi connectivity index (χ1v) is 12.1. The van der Waals surface area contributed by atoms with Crippen molar-refractivity contribution < 1.29 is 27.4 Å². The van der Waals surface area contributed by atoms with E-state index in [0.717, 1.165) is 0 Å². The van der Waals surface area contributed by atoms with E-state index in [1.165, 1.54) is 30.7 Å². The van der Waals surface area contributed by atoms with Crippen LogP contribution in [0, 0.1) is 0 Å². The maximum Gasteiger partial charge on any atom is 0.261 e. The average Bonchev–Trinajstić information content (AvgIpc) is 3.22. The van der Waals surface area contributed by atoms with E-state index >= 15 is 0 Å². The van der Waals surface area contributed by atoms with Crippen LogP contribution < -0.4 is 9.47 Å². The minimum absolute atomic E-state index is 0.170. The number of halogens is 1. The van der Waals surface area contributed by atoms with Gasteiger partial charge in [0.25, 0.3) is 5.91 Å². The molecule has 10 heteroatoms. The standard InChI is InChI=1S/C22H25ClN2O6S/c1-29-18-4-3-5-19(30-2)20(18)21(26)24-12-10-22(11-13-24)25(14-15-31-22)32(27,28)17-8-6-16(23)7-9-17/h3-9H,10-15H2,1-2H3. The van der Waals surface area contributed by atoms with Crippen molar-refractivity contribution in [1.29, 1.82) is 0 Å². The summed E-state index contributed by atoms with van der Waals surface area (Å²) in [6.45, 7) is 1.25. The smallest absolute Gasteiger partial charge is 0.261 e. The molecule has 172 valence electrons. The van der Waals surface area contributed by atoms with Gasteiger partial charge in [0.2, 0.25) is 10.0 Å². The lowest BCUT2D eigenvalue weighted by Gasteiger charge is -2.42. The Kier molecular flexibility index (Phi) is 6.35. The second kappa shape index (κ2) is 8.90. The van der Waals surface area contributed by atoms with E-state index in [9.17, 15) is 13.2 Å². The van der Waals surface area contributed by atoms with Crippen LogP contribution in [0.2, 0.25) is 5.02 Å². The van der Waals surface area contributed by atoms with E-state index in [1.54, 1.807) is 35.2 Å². The summed E-state index contributed by atoms with van der Waals surface area (Å²) in [6.07, 6.45) is 0.728. The van der Waals surface area contributed by atoms with Crippen molar-refractivity contribution in [2.24, 2.45) is 0 Å². The molecule has 2 fully saturated rings. The zero-order valence-corrected chi connectivity index (χ0v) is 19.5. The number of hydrogen-bond donors (Lipinski definition) is 0. The number of benzene rings is 2. The van der Waals surface area contributed by atoms with E-state index in [2.05, 4.69) is 0 Å². The van der Waals surface area contributed by atoms with Gasteiger partial charge in [-0.05, 0) is 36.4 Å². The third kappa shape index (κ3) is 3.94. The number of carbonyl (C=O) groups is 1. The molecule has 32 heavy (non-hydrogen) atoms. The lowest BCUT2D eigenvalue weighted by atomic mass is 9.99. The van der Waals surface area contributed by atoms with Crippen molar-refractivity contribution in [1.82, 2.24) is 9.21 Å². The molecule has 0 saturated carbocycles. The number of sulfonamides is 1. The van der Waals surface area contributed by atoms with Crippen LogP contribution >= 0.6 is 11.6 Å². The Hall–Kier alpha value is -2.33. The lowest BCUT2D eigenvalue weighted by Crippen LogP contribution is -2.55. The molecular formula is C22H25ClN2O6S. The monoisotopic (exact) mass is 480 g/mol. The van der Waals surface area contributed by atoms with Crippen LogP contribution in [0.3, 0.4) is 0 Å². The number of ether oxygens (including phenoxy) is 3. The summed E-state index contributed by atoms with van der Waals surface area (Å²) in [5.41, 5.74) is -0.619. The molecule has 0 radical (unpaired) electrons. The van der Waals surface area contributed by atoms with Gasteiger partial charge >= 0.3 is 0 Å². The van der Waals surface area contributed by atoms with Crippen molar-refractivity contribution in [2.45, 2.75) is 23.5 Å². The molecule has 0 aliphatic carbocycles. The lowest BCUT2D eigenvalue weighted by molar-refractivity contribution is -0.0857. The van der Waals surface area contributed by atoms with E-state index in [1.807, 2.05) is 0 Å². The summed E-state index contributed by atoms with van der Waals surface area (Å²) in [5, 5.41) is 0.468. The number of nitrogens with zero attached hydrogens (tertiary/aromatic N) is 2. The van der Waals surface area contributed by atoms with E-state index < -0.39 is 15.7 Å². The van der Waals surface area contributed by atoms with Gasteiger partial charge in [0, 0.05) is 37.5 Å². The Labute approximate surface area is 192 Å². The SMILES string of the molecule is COc1cccc(OC)c1C(=O)N1CCC2(CC1)OCCN2S(=O)(=O)c1ccc(Cl)cc1. The van der Waals surface area contributed by atoms with Crippen molar-refractivity contribution in [3.8, 4) is 11.5 Å². The number of rotatable bonds is 5. The maximum absolute atomic E-state index is 13.3. The van der Waals surface area contributed by atoms with Crippen LogP contribution in [-0.2, 0) is 14.8 Å². The fraction of sp³-hybridized carbons (Fsp3) is 0.409. The summed E-state index contributed by atoms with van der Waals surface area (Å²) in [5.74, 6) is 0.636. The van der Waals surface area contributed by atoms with Crippen molar-refractivity contribution >= 4 is 27.5 Å². The van der Waals surface area contributed by atoms with Gasteiger partial charge in [-0.1, -0.05) is 17.7 Å². The number of hydrogen-bond acceptors (Lipinski definition) is 6. The van der Waals surface area contributed by atoms with Gasteiger partial charge in [-0.25, -0.2) is 8.42 Å². The zero-order valence-electron chi connectivity index (χ0n) is 17.9. The summed E-state index contributed by atoms with van der Waals surface area (Å²) in [6, 6.07) is 11.3. The molecule has 0 N–H and O–H groups in total. The predicted molar refractivity (Wildman–Crippen MR) is 119 cm³/mol. The number of likely N-dealkylation sites (tertiary alicyclic amines) is 1. The Balaban J connectivity index is 1.55. The van der Waals surface area contributed by atoms with Crippen LogP contribution in [0.25, 0.3) is 0 Å². The zero-order chi connectivity index (χ0) is 22.9. The molecule has 2 aliphatic rings. The molecule has 2 heterocycles. The molecule has 0 bridgehead atoms. The summed E-state index contributed by atoms with van der Waals surface area (Å²) >= 11 is 5.91. The molecule has 1 spiro atoms. The minimum atomic E-state index is -3.77. The normalized spacial score (nSPS) is 18.7. The highest BCUT2D eigenvalue weighted by Gasteiger charge is 2.51. The van der Waals surface area contributed by atoms with Gasteiger partial charge in [0.15, 0.2) is 0 Å². The number of amides is 1. The van der Waals surface area contributed by atoms with E-state index in [4.69, 9.17) is 25.8 Å². The fourth-order valence-electron chi connectivity index (χ4n) is 4.34. The van der Waals surface area contributed by atoms with Crippen molar-refractivity contribution in [3.63, 3.8) is 0 Å². The van der Waals surface area contributed by atoms with Gasteiger partial charge in [-0.15, -0.1) is 0 Å². The minimum Gasteiger partial charge on any atom is -0.496 e. The summed E-state index contributed by atoms with van der Waals surface area (Å²) in [7, 11) is -0.763. The van der Waals surface area contributed by atoms with Crippen LogP contribution in [-0.4, -0.2) is 69.7 Å². The second-order valence-electron chi connectivity index (χ2n) is 7.66. The summed E-state index contributed by atoms with van der Waals surface area (Å²) < 4.78 is 44.8.